The molecule has 2 fully saturated rings. The number of urea groups is 1. The first-order valence-electron chi connectivity index (χ1n) is 8.95. The number of benzene rings is 1. The summed E-state index contributed by atoms with van der Waals surface area (Å²) in [4.78, 5) is 40.6. The average molecular weight is 359 g/mol. The Labute approximate surface area is 153 Å². The zero-order chi connectivity index (χ0) is 18.9. The SMILES string of the molecule is CCC1CN(C(=O)CN2C(=O)NC(C)(c3ccc(C)cc3)C2=O)CCO1. The first-order chi connectivity index (χ1) is 12.3. The van der Waals surface area contributed by atoms with Crippen LogP contribution in [-0.4, -0.2) is 60.0 Å². The van der Waals surface area contributed by atoms with Crippen molar-refractivity contribution in [1.82, 2.24) is 15.1 Å². The number of hydrogen-bond donors (Lipinski definition) is 1. The van der Waals surface area contributed by atoms with Crippen molar-refractivity contribution in [3.63, 3.8) is 0 Å². The average Bonchev–Trinajstić information content (AvgIpc) is 2.86. The molecule has 3 rings (SSSR count). The van der Waals surface area contributed by atoms with E-state index in [4.69, 9.17) is 4.74 Å². The van der Waals surface area contributed by atoms with E-state index in [1.807, 2.05) is 38.1 Å². The van der Waals surface area contributed by atoms with E-state index in [-0.39, 0.29) is 18.6 Å². The van der Waals surface area contributed by atoms with Gasteiger partial charge >= 0.3 is 6.03 Å². The van der Waals surface area contributed by atoms with Gasteiger partial charge in [-0.2, -0.15) is 0 Å². The molecule has 2 saturated heterocycles. The van der Waals surface area contributed by atoms with Crippen LogP contribution in [0, 0.1) is 6.92 Å². The molecule has 1 aromatic carbocycles. The van der Waals surface area contributed by atoms with Crippen LogP contribution in [0.4, 0.5) is 4.79 Å². The number of rotatable bonds is 4. The fraction of sp³-hybridized carbons (Fsp3) is 0.526. The summed E-state index contributed by atoms with van der Waals surface area (Å²) >= 11 is 0. The van der Waals surface area contributed by atoms with Crippen LogP contribution < -0.4 is 5.32 Å². The Hall–Kier alpha value is -2.41. The number of carbonyl (C=O) groups excluding carboxylic acids is 3. The number of ether oxygens (including phenoxy) is 1. The lowest BCUT2D eigenvalue weighted by atomic mass is 9.91. The summed E-state index contributed by atoms with van der Waals surface area (Å²) in [5, 5.41) is 2.74. The van der Waals surface area contributed by atoms with Gasteiger partial charge in [0.2, 0.25) is 5.91 Å². The van der Waals surface area contributed by atoms with Crippen molar-refractivity contribution in [1.29, 1.82) is 0 Å². The highest BCUT2D eigenvalue weighted by molar-refractivity contribution is 6.09. The molecule has 26 heavy (non-hydrogen) atoms. The number of morpholine rings is 1. The van der Waals surface area contributed by atoms with E-state index in [2.05, 4.69) is 5.32 Å². The minimum atomic E-state index is -1.15. The third kappa shape index (κ3) is 3.31. The van der Waals surface area contributed by atoms with Gasteiger partial charge in [-0.25, -0.2) is 4.79 Å². The molecule has 2 atom stereocenters. The molecule has 4 amide bonds. The number of amides is 4. The highest BCUT2D eigenvalue weighted by Crippen LogP contribution is 2.29. The fourth-order valence-electron chi connectivity index (χ4n) is 3.35. The quantitative estimate of drug-likeness (QED) is 0.824. The summed E-state index contributed by atoms with van der Waals surface area (Å²) < 4.78 is 5.57. The van der Waals surface area contributed by atoms with Gasteiger partial charge in [-0.3, -0.25) is 14.5 Å². The molecule has 0 bridgehead atoms. The van der Waals surface area contributed by atoms with Crippen molar-refractivity contribution in [3.8, 4) is 0 Å². The smallest absolute Gasteiger partial charge is 0.325 e. The van der Waals surface area contributed by atoms with Gasteiger partial charge in [0.15, 0.2) is 0 Å². The van der Waals surface area contributed by atoms with Gasteiger partial charge in [-0.05, 0) is 25.8 Å². The maximum atomic E-state index is 12.9. The Balaban J connectivity index is 1.73. The van der Waals surface area contributed by atoms with Gasteiger partial charge in [0.1, 0.15) is 12.1 Å². The molecule has 7 heteroatoms. The second-order valence-corrected chi connectivity index (χ2v) is 7.05. The molecule has 2 aliphatic heterocycles. The van der Waals surface area contributed by atoms with E-state index in [1.165, 1.54) is 0 Å². The summed E-state index contributed by atoms with van der Waals surface area (Å²) in [7, 11) is 0. The van der Waals surface area contributed by atoms with Crippen LogP contribution in [0.2, 0.25) is 0 Å². The van der Waals surface area contributed by atoms with Gasteiger partial charge in [0.05, 0.1) is 12.7 Å². The minimum Gasteiger partial charge on any atom is -0.375 e. The minimum absolute atomic E-state index is 0.00799. The molecule has 0 saturated carbocycles. The fourth-order valence-corrected chi connectivity index (χ4v) is 3.35. The molecule has 2 aliphatic rings. The maximum Gasteiger partial charge on any atom is 0.325 e. The van der Waals surface area contributed by atoms with Gasteiger partial charge in [0.25, 0.3) is 5.91 Å². The molecule has 140 valence electrons. The summed E-state index contributed by atoms with van der Waals surface area (Å²) in [6.07, 6.45) is 0.826. The molecule has 1 aromatic rings. The highest BCUT2D eigenvalue weighted by atomic mass is 16.5. The molecular formula is C19H25N3O4. The van der Waals surface area contributed by atoms with Crippen molar-refractivity contribution < 1.29 is 19.1 Å². The Morgan fingerprint density at radius 3 is 2.65 bits per heavy atom. The first-order valence-corrected chi connectivity index (χ1v) is 8.95. The summed E-state index contributed by atoms with van der Waals surface area (Å²) in [6, 6.07) is 6.91. The van der Waals surface area contributed by atoms with Gasteiger partial charge in [-0.1, -0.05) is 36.8 Å². The number of hydrogen-bond acceptors (Lipinski definition) is 4. The molecule has 0 aromatic heterocycles. The van der Waals surface area contributed by atoms with Crippen molar-refractivity contribution in [3.05, 3.63) is 35.4 Å². The van der Waals surface area contributed by atoms with Crippen molar-refractivity contribution in [2.24, 2.45) is 0 Å². The third-order valence-electron chi connectivity index (χ3n) is 5.14. The monoisotopic (exact) mass is 359 g/mol. The van der Waals surface area contributed by atoms with E-state index in [1.54, 1.807) is 11.8 Å². The predicted octanol–water partition coefficient (Wildman–Crippen LogP) is 1.40. The number of nitrogens with one attached hydrogen (secondary N) is 1. The van der Waals surface area contributed by atoms with Crippen molar-refractivity contribution in [2.75, 3.05) is 26.2 Å². The number of carbonyl (C=O) groups is 3. The lowest BCUT2D eigenvalue weighted by Crippen LogP contribution is -2.50. The van der Waals surface area contributed by atoms with Crippen molar-refractivity contribution in [2.45, 2.75) is 38.8 Å². The first kappa shape index (κ1) is 18.4. The molecule has 2 heterocycles. The predicted molar refractivity (Wildman–Crippen MR) is 95.4 cm³/mol. The van der Waals surface area contributed by atoms with Crippen molar-refractivity contribution >= 4 is 17.8 Å². The van der Waals surface area contributed by atoms with Crippen LogP contribution in [0.25, 0.3) is 0 Å². The van der Waals surface area contributed by atoms with E-state index in [0.717, 1.165) is 16.9 Å². The lowest BCUT2D eigenvalue weighted by molar-refractivity contribution is -0.143. The summed E-state index contributed by atoms with van der Waals surface area (Å²) in [5.74, 6) is -0.636. The molecule has 0 radical (unpaired) electrons. The standard InChI is InChI=1S/C19H25N3O4/c1-4-15-11-21(9-10-26-15)16(23)12-22-17(24)19(3,20-18(22)25)14-7-5-13(2)6-8-14/h5-8,15H,4,9-12H2,1-3H3,(H,20,25). The molecule has 0 spiro atoms. The Morgan fingerprint density at radius 1 is 1.31 bits per heavy atom. The summed E-state index contributed by atoms with van der Waals surface area (Å²) in [5.41, 5.74) is 0.620. The van der Waals surface area contributed by atoms with Crippen LogP contribution in [-0.2, 0) is 19.9 Å². The highest BCUT2D eigenvalue weighted by Gasteiger charge is 2.49. The second-order valence-electron chi connectivity index (χ2n) is 7.05. The van der Waals surface area contributed by atoms with E-state index >= 15 is 0 Å². The Bertz CT molecular complexity index is 718. The van der Waals surface area contributed by atoms with Gasteiger partial charge < -0.3 is 15.0 Å². The van der Waals surface area contributed by atoms with Crippen LogP contribution in [0.3, 0.4) is 0 Å². The number of aryl methyl sites for hydroxylation is 1. The Kier molecular flexibility index (Phi) is 5.00. The van der Waals surface area contributed by atoms with Crippen LogP contribution in [0.1, 0.15) is 31.4 Å². The van der Waals surface area contributed by atoms with E-state index < -0.39 is 17.5 Å². The van der Waals surface area contributed by atoms with Crippen LogP contribution >= 0.6 is 0 Å². The summed E-state index contributed by atoms with van der Waals surface area (Å²) in [6.45, 7) is 6.84. The molecule has 7 nitrogen and oxygen atoms in total. The van der Waals surface area contributed by atoms with Gasteiger partial charge in [-0.15, -0.1) is 0 Å². The Morgan fingerprint density at radius 2 is 2.00 bits per heavy atom. The maximum absolute atomic E-state index is 12.9. The van der Waals surface area contributed by atoms with E-state index in [9.17, 15) is 14.4 Å². The number of imide groups is 1. The molecular weight excluding hydrogens is 334 g/mol. The largest absolute Gasteiger partial charge is 0.375 e. The third-order valence-corrected chi connectivity index (χ3v) is 5.14. The van der Waals surface area contributed by atoms with Crippen LogP contribution in [0.15, 0.2) is 24.3 Å². The normalized spacial score (nSPS) is 26.2. The van der Waals surface area contributed by atoms with Crippen LogP contribution in [0.5, 0.6) is 0 Å². The van der Waals surface area contributed by atoms with Gasteiger partial charge in [0, 0.05) is 13.1 Å². The second kappa shape index (κ2) is 7.07. The topological polar surface area (TPSA) is 79.0 Å². The lowest BCUT2D eigenvalue weighted by Gasteiger charge is -2.33. The molecule has 0 aliphatic carbocycles. The zero-order valence-electron chi connectivity index (χ0n) is 15.4. The van der Waals surface area contributed by atoms with E-state index in [0.29, 0.717) is 25.3 Å². The molecule has 1 N–H and O–H groups in total. The molecule has 2 unspecified atom stereocenters. The zero-order valence-corrected chi connectivity index (χ0v) is 15.4. The number of nitrogens with zero attached hydrogens (tertiary/aromatic N) is 2.